The van der Waals surface area contributed by atoms with Crippen molar-refractivity contribution in [2.75, 3.05) is 0 Å². The predicted molar refractivity (Wildman–Crippen MR) is 115 cm³/mol. The van der Waals surface area contributed by atoms with E-state index in [0.717, 1.165) is 12.0 Å². The lowest BCUT2D eigenvalue weighted by molar-refractivity contribution is -0.126. The molecule has 142 valence electrons. The Bertz CT molecular complexity index is 766. The Hall–Kier alpha value is -1.97. The van der Waals surface area contributed by atoms with E-state index in [9.17, 15) is 4.79 Å². The molecular formula is C24H30O2Si. The van der Waals surface area contributed by atoms with Crippen molar-refractivity contribution in [2.24, 2.45) is 5.92 Å². The standard InChI is InChI=1S/C24H30O2Si/c1-18-16-17-22(25)19(2)23(18)26-27(24(3,4)5,20-12-8-6-9-13-20)21-14-10-7-11-15-21/h6-15,19,23H,1,16-17H2,2-5H3/t19-,23+/m1/s1. The Kier molecular flexibility index (Phi) is 5.54. The van der Waals surface area contributed by atoms with Crippen LogP contribution in [0.4, 0.5) is 0 Å². The van der Waals surface area contributed by atoms with Crippen LogP contribution in [0, 0.1) is 5.92 Å². The molecule has 1 aliphatic rings. The molecule has 3 heteroatoms. The highest BCUT2D eigenvalue weighted by Crippen LogP contribution is 2.40. The maximum Gasteiger partial charge on any atom is 0.261 e. The van der Waals surface area contributed by atoms with Crippen molar-refractivity contribution in [1.82, 2.24) is 0 Å². The summed E-state index contributed by atoms with van der Waals surface area (Å²) in [6.07, 6.45) is 1.09. The summed E-state index contributed by atoms with van der Waals surface area (Å²) < 4.78 is 7.13. The van der Waals surface area contributed by atoms with Gasteiger partial charge < -0.3 is 4.43 Å². The third-order valence-electron chi connectivity index (χ3n) is 5.78. The Morgan fingerprint density at radius 3 is 1.85 bits per heavy atom. The van der Waals surface area contributed by atoms with E-state index < -0.39 is 8.32 Å². The molecule has 1 aliphatic carbocycles. The lowest BCUT2D eigenvalue weighted by Crippen LogP contribution is -2.68. The van der Waals surface area contributed by atoms with Gasteiger partial charge in [-0.1, -0.05) is 94.9 Å². The first-order valence-corrected chi connectivity index (χ1v) is 11.7. The molecule has 2 nitrogen and oxygen atoms in total. The minimum Gasteiger partial charge on any atom is -0.400 e. The van der Waals surface area contributed by atoms with Crippen LogP contribution in [0.2, 0.25) is 5.04 Å². The highest BCUT2D eigenvalue weighted by Gasteiger charge is 2.52. The number of hydrogen-bond donors (Lipinski definition) is 0. The molecule has 1 fully saturated rings. The van der Waals surface area contributed by atoms with Crippen LogP contribution in [0.15, 0.2) is 72.8 Å². The van der Waals surface area contributed by atoms with Crippen molar-refractivity contribution < 1.29 is 9.22 Å². The van der Waals surface area contributed by atoms with Gasteiger partial charge in [-0.25, -0.2) is 0 Å². The topological polar surface area (TPSA) is 26.3 Å². The molecule has 0 aliphatic heterocycles. The molecule has 0 heterocycles. The summed E-state index contributed by atoms with van der Waals surface area (Å²) >= 11 is 0. The smallest absolute Gasteiger partial charge is 0.261 e. The van der Waals surface area contributed by atoms with Gasteiger partial charge in [-0.05, 0) is 27.4 Å². The van der Waals surface area contributed by atoms with Gasteiger partial charge in [0.2, 0.25) is 0 Å². The van der Waals surface area contributed by atoms with E-state index in [0.29, 0.717) is 6.42 Å². The number of ketones is 1. The van der Waals surface area contributed by atoms with Crippen molar-refractivity contribution in [3.8, 4) is 0 Å². The monoisotopic (exact) mass is 378 g/mol. The highest BCUT2D eigenvalue weighted by atomic mass is 28.4. The molecule has 0 N–H and O–H groups in total. The van der Waals surface area contributed by atoms with E-state index in [1.54, 1.807) is 0 Å². The molecule has 2 aromatic carbocycles. The molecule has 0 radical (unpaired) electrons. The van der Waals surface area contributed by atoms with Gasteiger partial charge in [0.25, 0.3) is 8.32 Å². The molecule has 0 unspecified atom stereocenters. The van der Waals surface area contributed by atoms with Crippen LogP contribution in [0.1, 0.15) is 40.5 Å². The van der Waals surface area contributed by atoms with Gasteiger partial charge in [0, 0.05) is 12.3 Å². The van der Waals surface area contributed by atoms with Crippen molar-refractivity contribution in [3.63, 3.8) is 0 Å². The second-order valence-electron chi connectivity index (χ2n) is 8.61. The number of Topliss-reactive ketones (excluding diaryl/α,β-unsaturated/α-hetero) is 1. The van der Waals surface area contributed by atoms with Gasteiger partial charge in [0.05, 0.1) is 6.10 Å². The van der Waals surface area contributed by atoms with E-state index in [1.807, 2.05) is 19.1 Å². The minimum atomic E-state index is -2.66. The zero-order chi connectivity index (χ0) is 19.7. The lowest BCUT2D eigenvalue weighted by Gasteiger charge is -2.47. The van der Waals surface area contributed by atoms with E-state index >= 15 is 0 Å². The van der Waals surface area contributed by atoms with Gasteiger partial charge in [0.15, 0.2) is 0 Å². The average Bonchev–Trinajstić information content (AvgIpc) is 2.66. The zero-order valence-corrected chi connectivity index (χ0v) is 17.9. The Labute approximate surface area is 164 Å². The number of carbonyl (C=O) groups is 1. The van der Waals surface area contributed by atoms with E-state index in [-0.39, 0.29) is 22.8 Å². The van der Waals surface area contributed by atoms with E-state index in [4.69, 9.17) is 4.43 Å². The van der Waals surface area contributed by atoms with Gasteiger partial charge in [-0.3, -0.25) is 4.79 Å². The maximum absolute atomic E-state index is 12.5. The van der Waals surface area contributed by atoms with Crippen LogP contribution in [0.3, 0.4) is 0 Å². The van der Waals surface area contributed by atoms with Crippen LogP contribution in [0.5, 0.6) is 0 Å². The summed E-state index contributed by atoms with van der Waals surface area (Å²) in [7, 11) is -2.66. The molecule has 1 saturated carbocycles. The summed E-state index contributed by atoms with van der Waals surface area (Å²) in [4.78, 5) is 12.5. The first kappa shape index (κ1) is 19.8. The highest BCUT2D eigenvalue weighted by molar-refractivity contribution is 6.99. The van der Waals surface area contributed by atoms with Crippen LogP contribution >= 0.6 is 0 Å². The fraction of sp³-hybridized carbons (Fsp3) is 0.375. The SMILES string of the molecule is C=C1CCC(=O)[C@@H](C)[C@H]1O[Si](c1ccccc1)(c1ccccc1)C(C)(C)C. The number of hydrogen-bond acceptors (Lipinski definition) is 2. The normalized spacial score (nSPS) is 21.3. The van der Waals surface area contributed by atoms with E-state index in [2.05, 4.69) is 75.9 Å². The zero-order valence-electron chi connectivity index (χ0n) is 16.9. The van der Waals surface area contributed by atoms with Crippen molar-refractivity contribution >= 4 is 24.5 Å². The molecule has 2 aromatic rings. The van der Waals surface area contributed by atoms with Gasteiger partial charge in [0.1, 0.15) is 5.78 Å². The number of carbonyl (C=O) groups excluding carboxylic acids is 1. The van der Waals surface area contributed by atoms with Gasteiger partial charge in [-0.15, -0.1) is 0 Å². The molecule has 0 amide bonds. The second kappa shape index (κ2) is 7.57. The van der Waals surface area contributed by atoms with Crippen LogP contribution in [0.25, 0.3) is 0 Å². The van der Waals surface area contributed by atoms with Crippen LogP contribution in [-0.4, -0.2) is 20.2 Å². The molecule has 0 aromatic heterocycles. The number of benzene rings is 2. The summed E-state index contributed by atoms with van der Waals surface area (Å²) in [5.41, 5.74) is 1.05. The summed E-state index contributed by atoms with van der Waals surface area (Å²) in [6, 6.07) is 21.2. The quantitative estimate of drug-likeness (QED) is 0.579. The van der Waals surface area contributed by atoms with Crippen LogP contribution < -0.4 is 10.4 Å². The first-order valence-electron chi connectivity index (χ1n) is 9.76. The predicted octanol–water partition coefficient (Wildman–Crippen LogP) is 4.49. The summed E-state index contributed by atoms with van der Waals surface area (Å²) in [5.74, 6) is 0.137. The van der Waals surface area contributed by atoms with Crippen molar-refractivity contribution in [2.45, 2.75) is 51.7 Å². The first-order chi connectivity index (χ1) is 12.8. The molecule has 0 bridgehead atoms. The Balaban J connectivity index is 2.21. The fourth-order valence-electron chi connectivity index (χ4n) is 4.24. The largest absolute Gasteiger partial charge is 0.400 e. The molecule has 3 rings (SSSR count). The average molecular weight is 379 g/mol. The van der Waals surface area contributed by atoms with Gasteiger partial charge >= 0.3 is 0 Å². The molecule has 0 spiro atoms. The van der Waals surface area contributed by atoms with Gasteiger partial charge in [-0.2, -0.15) is 0 Å². The summed E-state index contributed by atoms with van der Waals surface area (Å²) in [6.45, 7) is 13.1. The third-order valence-corrected chi connectivity index (χ3v) is 10.8. The summed E-state index contributed by atoms with van der Waals surface area (Å²) in [5, 5.41) is 2.37. The fourth-order valence-corrected chi connectivity index (χ4v) is 9.01. The lowest BCUT2D eigenvalue weighted by atomic mass is 9.84. The molecular weight excluding hydrogens is 348 g/mol. The second-order valence-corrected chi connectivity index (χ2v) is 12.9. The minimum absolute atomic E-state index is 0.101. The Morgan fingerprint density at radius 1 is 0.926 bits per heavy atom. The maximum atomic E-state index is 12.5. The van der Waals surface area contributed by atoms with E-state index in [1.165, 1.54) is 10.4 Å². The molecule has 2 atom stereocenters. The number of rotatable bonds is 4. The van der Waals surface area contributed by atoms with Crippen molar-refractivity contribution in [3.05, 3.63) is 72.8 Å². The molecule has 27 heavy (non-hydrogen) atoms. The van der Waals surface area contributed by atoms with Crippen LogP contribution in [-0.2, 0) is 9.22 Å². The third kappa shape index (κ3) is 3.58. The Morgan fingerprint density at radius 2 is 1.41 bits per heavy atom. The molecule has 0 saturated heterocycles. The van der Waals surface area contributed by atoms with Crippen molar-refractivity contribution in [1.29, 1.82) is 0 Å².